The standard InChI is InChI=1S/C22H26N8/c1-15(2)18-14-24-20-7-4-16-12-25-22(27-21(16)30(18)20)26-19-6-5-17(13-23-19)29-10-8-28(3)9-11-29/h4-7,12-15H,8-11H2,1-3H3,(H,23,25,26,27). The molecule has 8 nitrogen and oxygen atoms in total. The fraction of sp³-hybridized carbons (Fsp3) is 0.364. The number of rotatable bonds is 4. The van der Waals surface area contributed by atoms with Gasteiger partial charge < -0.3 is 15.1 Å². The highest BCUT2D eigenvalue weighted by Gasteiger charge is 2.15. The second kappa shape index (κ2) is 7.53. The number of imidazole rings is 1. The maximum Gasteiger partial charge on any atom is 0.230 e. The molecule has 1 saturated heterocycles. The molecular formula is C22H26N8. The number of piperazine rings is 1. The van der Waals surface area contributed by atoms with E-state index in [4.69, 9.17) is 4.98 Å². The molecule has 5 heterocycles. The third kappa shape index (κ3) is 3.43. The molecule has 0 spiro atoms. The van der Waals surface area contributed by atoms with Crippen LogP contribution in [0.15, 0.2) is 42.9 Å². The Hall–Kier alpha value is -3.26. The molecule has 0 aromatic carbocycles. The highest BCUT2D eigenvalue weighted by molar-refractivity contribution is 5.79. The summed E-state index contributed by atoms with van der Waals surface area (Å²) in [7, 11) is 2.16. The number of fused-ring (bicyclic) bond motifs is 3. The van der Waals surface area contributed by atoms with Crippen molar-refractivity contribution in [1.29, 1.82) is 0 Å². The van der Waals surface area contributed by atoms with Gasteiger partial charge in [0, 0.05) is 49.7 Å². The molecule has 154 valence electrons. The summed E-state index contributed by atoms with van der Waals surface area (Å²) in [5.41, 5.74) is 4.02. The molecular weight excluding hydrogens is 376 g/mol. The Morgan fingerprint density at radius 2 is 1.73 bits per heavy atom. The predicted octanol–water partition coefficient (Wildman–Crippen LogP) is 3.29. The largest absolute Gasteiger partial charge is 0.368 e. The third-order valence-electron chi connectivity index (χ3n) is 5.68. The number of pyridine rings is 2. The predicted molar refractivity (Wildman–Crippen MR) is 120 cm³/mol. The molecule has 1 aliphatic heterocycles. The first-order chi connectivity index (χ1) is 14.6. The average molecular weight is 403 g/mol. The van der Waals surface area contributed by atoms with Crippen LogP contribution in [-0.2, 0) is 0 Å². The molecule has 0 saturated carbocycles. The number of nitrogens with zero attached hydrogens (tertiary/aromatic N) is 7. The van der Waals surface area contributed by atoms with E-state index in [0.29, 0.717) is 11.9 Å². The van der Waals surface area contributed by atoms with Gasteiger partial charge in [-0.2, -0.15) is 4.98 Å². The van der Waals surface area contributed by atoms with E-state index in [1.807, 2.05) is 36.8 Å². The van der Waals surface area contributed by atoms with Crippen molar-refractivity contribution < 1.29 is 0 Å². The second-order valence-electron chi connectivity index (χ2n) is 8.15. The molecule has 0 bridgehead atoms. The first kappa shape index (κ1) is 18.7. The molecule has 1 aliphatic rings. The van der Waals surface area contributed by atoms with Gasteiger partial charge in [0.2, 0.25) is 5.95 Å². The van der Waals surface area contributed by atoms with Crippen LogP contribution in [0.3, 0.4) is 0 Å². The number of likely N-dealkylation sites (N-methyl/N-ethyl adjacent to an activating group) is 1. The number of aromatic nitrogens is 5. The fourth-order valence-corrected chi connectivity index (χ4v) is 3.87. The maximum absolute atomic E-state index is 4.78. The molecule has 0 amide bonds. The summed E-state index contributed by atoms with van der Waals surface area (Å²) in [6.07, 6.45) is 5.68. The Morgan fingerprint density at radius 3 is 2.47 bits per heavy atom. The highest BCUT2D eigenvalue weighted by Crippen LogP contribution is 2.23. The highest BCUT2D eigenvalue weighted by atomic mass is 15.3. The molecule has 30 heavy (non-hydrogen) atoms. The van der Waals surface area contributed by atoms with Crippen molar-refractivity contribution in [3.8, 4) is 0 Å². The summed E-state index contributed by atoms with van der Waals surface area (Å²) in [5.74, 6) is 1.60. The molecule has 8 heteroatoms. The molecule has 4 aromatic heterocycles. The third-order valence-corrected chi connectivity index (χ3v) is 5.68. The van der Waals surface area contributed by atoms with Crippen LogP contribution < -0.4 is 10.2 Å². The van der Waals surface area contributed by atoms with Crippen LogP contribution in [0.25, 0.3) is 16.7 Å². The van der Waals surface area contributed by atoms with Crippen LogP contribution in [0.4, 0.5) is 17.5 Å². The van der Waals surface area contributed by atoms with Gasteiger partial charge in [-0.25, -0.2) is 15.0 Å². The lowest BCUT2D eigenvalue weighted by Crippen LogP contribution is -2.44. The van der Waals surface area contributed by atoms with Crippen molar-refractivity contribution in [1.82, 2.24) is 29.2 Å². The van der Waals surface area contributed by atoms with Crippen LogP contribution in [0.2, 0.25) is 0 Å². The first-order valence-electron chi connectivity index (χ1n) is 10.4. The minimum atomic E-state index is 0.348. The van der Waals surface area contributed by atoms with Crippen LogP contribution in [0.1, 0.15) is 25.5 Å². The fourth-order valence-electron chi connectivity index (χ4n) is 3.87. The Bertz CT molecular complexity index is 1170. The number of hydrogen-bond acceptors (Lipinski definition) is 7. The summed E-state index contributed by atoms with van der Waals surface area (Å²) in [6, 6.07) is 8.10. The van der Waals surface area contributed by atoms with Gasteiger partial charge in [0.1, 0.15) is 11.5 Å². The monoisotopic (exact) mass is 402 g/mol. The second-order valence-corrected chi connectivity index (χ2v) is 8.15. The van der Waals surface area contributed by atoms with Crippen LogP contribution >= 0.6 is 0 Å². The van der Waals surface area contributed by atoms with Gasteiger partial charge in [-0.15, -0.1) is 0 Å². The Morgan fingerprint density at radius 1 is 0.900 bits per heavy atom. The minimum Gasteiger partial charge on any atom is -0.368 e. The van der Waals surface area contributed by atoms with Gasteiger partial charge >= 0.3 is 0 Å². The smallest absolute Gasteiger partial charge is 0.230 e. The molecule has 1 fully saturated rings. The molecule has 0 atom stereocenters. The number of nitrogens with one attached hydrogen (secondary N) is 1. The van der Waals surface area contributed by atoms with Crippen molar-refractivity contribution >= 4 is 34.1 Å². The van der Waals surface area contributed by atoms with Gasteiger partial charge in [0.15, 0.2) is 5.65 Å². The Labute approximate surface area is 175 Å². The van der Waals surface area contributed by atoms with E-state index < -0.39 is 0 Å². The summed E-state index contributed by atoms with van der Waals surface area (Å²) < 4.78 is 2.11. The zero-order valence-corrected chi connectivity index (χ0v) is 17.6. The summed E-state index contributed by atoms with van der Waals surface area (Å²) in [4.78, 5) is 23.1. The number of hydrogen-bond donors (Lipinski definition) is 1. The van der Waals surface area contributed by atoms with E-state index in [-0.39, 0.29) is 0 Å². The zero-order chi connectivity index (χ0) is 20.7. The van der Waals surface area contributed by atoms with Crippen molar-refractivity contribution in [3.63, 3.8) is 0 Å². The van der Waals surface area contributed by atoms with Gasteiger partial charge in [-0.3, -0.25) is 4.40 Å². The van der Waals surface area contributed by atoms with Crippen molar-refractivity contribution in [2.24, 2.45) is 0 Å². The Balaban J connectivity index is 1.42. The molecule has 1 N–H and O–H groups in total. The lowest BCUT2D eigenvalue weighted by atomic mass is 10.1. The SMILES string of the molecule is CC(C)c1cnc2ccc3cnc(Nc4ccc(N5CCN(C)CC5)cn4)nc3n12. The lowest BCUT2D eigenvalue weighted by molar-refractivity contribution is 0.313. The van der Waals surface area contributed by atoms with Gasteiger partial charge in [0.05, 0.1) is 11.9 Å². The van der Waals surface area contributed by atoms with E-state index in [1.54, 1.807) is 0 Å². The van der Waals surface area contributed by atoms with Crippen LogP contribution in [-0.4, -0.2) is 62.5 Å². The molecule has 4 aromatic rings. The average Bonchev–Trinajstić information content (AvgIpc) is 3.20. The normalized spacial score (nSPS) is 15.4. The van der Waals surface area contributed by atoms with Crippen molar-refractivity contribution in [2.75, 3.05) is 43.4 Å². The van der Waals surface area contributed by atoms with E-state index >= 15 is 0 Å². The van der Waals surface area contributed by atoms with Crippen LogP contribution in [0.5, 0.6) is 0 Å². The summed E-state index contributed by atoms with van der Waals surface area (Å²) in [5, 5.41) is 4.22. The van der Waals surface area contributed by atoms with E-state index in [2.05, 4.69) is 61.4 Å². The summed E-state index contributed by atoms with van der Waals surface area (Å²) >= 11 is 0. The van der Waals surface area contributed by atoms with E-state index in [9.17, 15) is 0 Å². The molecule has 0 unspecified atom stereocenters. The Kier molecular flexibility index (Phi) is 4.71. The number of anilines is 3. The van der Waals surface area contributed by atoms with Gasteiger partial charge in [-0.05, 0) is 37.2 Å². The van der Waals surface area contributed by atoms with Crippen molar-refractivity contribution in [2.45, 2.75) is 19.8 Å². The van der Waals surface area contributed by atoms with Gasteiger partial charge in [0.25, 0.3) is 0 Å². The van der Waals surface area contributed by atoms with E-state index in [0.717, 1.165) is 60.1 Å². The van der Waals surface area contributed by atoms with E-state index in [1.165, 1.54) is 0 Å². The van der Waals surface area contributed by atoms with Crippen LogP contribution in [0, 0.1) is 0 Å². The minimum absolute atomic E-state index is 0.348. The first-order valence-corrected chi connectivity index (χ1v) is 10.4. The lowest BCUT2D eigenvalue weighted by Gasteiger charge is -2.33. The zero-order valence-electron chi connectivity index (χ0n) is 17.6. The molecule has 0 radical (unpaired) electrons. The quantitative estimate of drug-likeness (QED) is 0.561. The molecule has 0 aliphatic carbocycles. The summed E-state index contributed by atoms with van der Waals surface area (Å²) in [6.45, 7) is 8.52. The maximum atomic E-state index is 4.78. The van der Waals surface area contributed by atoms with Gasteiger partial charge in [-0.1, -0.05) is 13.8 Å². The van der Waals surface area contributed by atoms with Crippen molar-refractivity contribution in [3.05, 3.63) is 48.5 Å². The topological polar surface area (TPSA) is 74.5 Å². The molecule has 5 rings (SSSR count).